The van der Waals surface area contributed by atoms with E-state index in [2.05, 4.69) is 10.4 Å². The van der Waals surface area contributed by atoms with Crippen LogP contribution in [0.1, 0.15) is 47.8 Å². The van der Waals surface area contributed by atoms with Gasteiger partial charge in [0.15, 0.2) is 23.0 Å². The van der Waals surface area contributed by atoms with E-state index < -0.39 is 64.4 Å². The van der Waals surface area contributed by atoms with Gasteiger partial charge in [-0.15, -0.1) is 0 Å². The summed E-state index contributed by atoms with van der Waals surface area (Å²) < 4.78 is 90.7. The summed E-state index contributed by atoms with van der Waals surface area (Å²) in [5, 5.41) is 16.9. The summed E-state index contributed by atoms with van der Waals surface area (Å²) in [6.45, 7) is 2.78. The molecule has 3 aromatic rings. The lowest BCUT2D eigenvalue weighted by molar-refractivity contribution is -0.280. The third-order valence-electron chi connectivity index (χ3n) is 6.48. The molecule has 198 valence electrons. The molecule has 0 saturated heterocycles. The lowest BCUT2D eigenvalue weighted by Gasteiger charge is -2.48. The summed E-state index contributed by atoms with van der Waals surface area (Å²) in [5.41, 5.74) is 0.140. The monoisotopic (exact) mass is 528 g/mol. The maximum atomic E-state index is 14.5. The fourth-order valence-corrected chi connectivity index (χ4v) is 4.88. The molecule has 0 spiro atoms. The number of fused-ring (bicyclic) bond motifs is 1. The number of nitrogen functional groups attached to an aromatic ring is 1. The van der Waals surface area contributed by atoms with Gasteiger partial charge in [0.25, 0.3) is 5.91 Å². The van der Waals surface area contributed by atoms with Crippen LogP contribution in [0.4, 0.5) is 32.2 Å². The van der Waals surface area contributed by atoms with Crippen molar-refractivity contribution in [3.63, 3.8) is 0 Å². The molecule has 1 aliphatic rings. The van der Waals surface area contributed by atoms with Gasteiger partial charge in [-0.2, -0.15) is 18.3 Å². The van der Waals surface area contributed by atoms with Crippen molar-refractivity contribution in [3.05, 3.63) is 70.7 Å². The van der Waals surface area contributed by atoms with E-state index in [9.17, 15) is 36.2 Å². The van der Waals surface area contributed by atoms with Crippen molar-refractivity contribution in [2.45, 2.75) is 43.5 Å². The number of alkyl halides is 3. The SMILES string of the molecule is COc1c(F)ccc2c1C(C)(C)C[C@](O)(C(F)(F)F)[C@H]2NC(=O)c1cnn(-c2ccc(F)cc2F)c1N. The number of nitrogens with one attached hydrogen (secondary N) is 1. The second kappa shape index (κ2) is 8.68. The Balaban J connectivity index is 1.82. The van der Waals surface area contributed by atoms with Crippen molar-refractivity contribution in [2.75, 3.05) is 12.8 Å². The molecule has 4 N–H and O–H groups in total. The van der Waals surface area contributed by atoms with Crippen LogP contribution in [0.5, 0.6) is 5.75 Å². The second-order valence-electron chi connectivity index (χ2n) is 9.39. The molecule has 2 aromatic carbocycles. The number of amides is 1. The van der Waals surface area contributed by atoms with E-state index in [0.717, 1.165) is 42.3 Å². The van der Waals surface area contributed by atoms with Gasteiger partial charge in [0.1, 0.15) is 22.9 Å². The smallest absolute Gasteiger partial charge is 0.419 e. The number of nitrogens with two attached hydrogens (primary N) is 1. The highest BCUT2D eigenvalue weighted by molar-refractivity contribution is 5.99. The van der Waals surface area contributed by atoms with E-state index in [-0.39, 0.29) is 22.6 Å². The van der Waals surface area contributed by atoms with Gasteiger partial charge < -0.3 is 20.9 Å². The number of hydrogen-bond acceptors (Lipinski definition) is 5. The summed E-state index contributed by atoms with van der Waals surface area (Å²) in [6, 6.07) is 2.32. The Kier molecular flexibility index (Phi) is 6.18. The zero-order chi connectivity index (χ0) is 27.5. The molecule has 7 nitrogen and oxygen atoms in total. The molecule has 1 aromatic heterocycles. The lowest BCUT2D eigenvalue weighted by atomic mass is 9.63. The lowest BCUT2D eigenvalue weighted by Crippen LogP contribution is -2.60. The average molecular weight is 528 g/mol. The normalized spacial score (nSPS) is 20.9. The van der Waals surface area contributed by atoms with Crippen LogP contribution in [-0.2, 0) is 5.41 Å². The number of aliphatic hydroxyl groups is 1. The number of nitrogens with zero attached hydrogens (tertiary/aromatic N) is 2. The highest BCUT2D eigenvalue weighted by atomic mass is 19.4. The molecule has 0 radical (unpaired) electrons. The Labute approximate surface area is 206 Å². The van der Waals surface area contributed by atoms with Gasteiger partial charge in [-0.1, -0.05) is 19.9 Å². The molecule has 0 bridgehead atoms. The third-order valence-corrected chi connectivity index (χ3v) is 6.48. The predicted octanol–water partition coefficient (Wildman–Crippen LogP) is 4.33. The van der Waals surface area contributed by atoms with E-state index in [1.54, 1.807) is 0 Å². The molecular formula is C24H22F6N4O3. The predicted molar refractivity (Wildman–Crippen MR) is 120 cm³/mol. The Morgan fingerprint density at radius 3 is 2.46 bits per heavy atom. The topological polar surface area (TPSA) is 102 Å². The van der Waals surface area contributed by atoms with E-state index in [0.29, 0.717) is 6.07 Å². The Hall–Kier alpha value is -3.74. The Morgan fingerprint density at radius 2 is 1.86 bits per heavy atom. The number of anilines is 1. The molecule has 4 rings (SSSR count). The zero-order valence-electron chi connectivity index (χ0n) is 19.8. The molecular weight excluding hydrogens is 506 g/mol. The van der Waals surface area contributed by atoms with Crippen LogP contribution in [0.25, 0.3) is 5.69 Å². The number of carbonyl (C=O) groups excluding carboxylic acids is 1. The van der Waals surface area contributed by atoms with E-state index in [4.69, 9.17) is 10.5 Å². The van der Waals surface area contributed by atoms with Crippen molar-refractivity contribution >= 4 is 11.7 Å². The molecule has 1 aliphatic carbocycles. The number of halogens is 6. The molecule has 1 amide bonds. The molecule has 0 unspecified atom stereocenters. The number of methoxy groups -OCH3 is 1. The Morgan fingerprint density at radius 1 is 1.19 bits per heavy atom. The zero-order valence-corrected chi connectivity index (χ0v) is 19.8. The highest BCUT2D eigenvalue weighted by Gasteiger charge is 2.64. The minimum Gasteiger partial charge on any atom is -0.493 e. The van der Waals surface area contributed by atoms with Crippen LogP contribution in [-0.4, -0.2) is 39.7 Å². The summed E-state index contributed by atoms with van der Waals surface area (Å²) in [4.78, 5) is 13.1. The van der Waals surface area contributed by atoms with Gasteiger partial charge in [-0.3, -0.25) is 4.79 Å². The second-order valence-corrected chi connectivity index (χ2v) is 9.39. The minimum absolute atomic E-state index is 0.0475. The average Bonchev–Trinajstić information content (AvgIpc) is 3.16. The van der Waals surface area contributed by atoms with E-state index >= 15 is 0 Å². The number of ether oxygens (including phenoxy) is 1. The molecule has 37 heavy (non-hydrogen) atoms. The van der Waals surface area contributed by atoms with Gasteiger partial charge in [0, 0.05) is 11.6 Å². The van der Waals surface area contributed by atoms with Gasteiger partial charge >= 0.3 is 6.18 Å². The summed E-state index contributed by atoms with van der Waals surface area (Å²) in [7, 11) is 1.15. The van der Waals surface area contributed by atoms with Gasteiger partial charge in [0.2, 0.25) is 0 Å². The standard InChI is InChI=1S/C24H22F6N4O3/c1-22(2)10-23(36,24(28,29)30)19(12-5-6-14(26)18(37-3)17(12)22)33-21(35)13-9-32-34(20(13)31)16-7-4-11(25)8-15(16)27/h4-9,19,36H,10,31H2,1-3H3,(H,33,35)/t19-,23+/m0/s1. The first-order chi connectivity index (χ1) is 17.1. The summed E-state index contributed by atoms with van der Waals surface area (Å²) in [6.07, 6.45) is -5.26. The fourth-order valence-electron chi connectivity index (χ4n) is 4.88. The molecule has 2 atom stereocenters. The van der Waals surface area contributed by atoms with Crippen molar-refractivity contribution < 1.29 is 41.0 Å². The van der Waals surface area contributed by atoms with Crippen LogP contribution >= 0.6 is 0 Å². The summed E-state index contributed by atoms with van der Waals surface area (Å²) >= 11 is 0. The highest BCUT2D eigenvalue weighted by Crippen LogP contribution is 2.55. The quantitative estimate of drug-likeness (QED) is 0.438. The molecule has 0 fully saturated rings. The van der Waals surface area contributed by atoms with Gasteiger partial charge in [-0.25, -0.2) is 17.9 Å². The van der Waals surface area contributed by atoms with Crippen LogP contribution < -0.4 is 15.8 Å². The largest absolute Gasteiger partial charge is 0.493 e. The molecule has 1 heterocycles. The van der Waals surface area contributed by atoms with E-state index in [1.807, 2.05) is 0 Å². The number of aromatic nitrogens is 2. The Bertz CT molecular complexity index is 1390. The van der Waals surface area contributed by atoms with Crippen molar-refractivity contribution in [3.8, 4) is 11.4 Å². The first kappa shape index (κ1) is 26.3. The van der Waals surface area contributed by atoms with Crippen LogP contribution in [0.2, 0.25) is 0 Å². The summed E-state index contributed by atoms with van der Waals surface area (Å²) in [5.74, 6) is -4.69. The fraction of sp³-hybridized carbons (Fsp3) is 0.333. The van der Waals surface area contributed by atoms with Crippen LogP contribution in [0.15, 0.2) is 36.5 Å². The third kappa shape index (κ3) is 4.16. The number of benzene rings is 2. The maximum Gasteiger partial charge on any atom is 0.419 e. The van der Waals surface area contributed by atoms with Gasteiger partial charge in [0.05, 0.1) is 19.3 Å². The number of carbonyl (C=O) groups is 1. The molecule has 13 heteroatoms. The molecule has 0 aliphatic heterocycles. The first-order valence-corrected chi connectivity index (χ1v) is 10.9. The van der Waals surface area contributed by atoms with Crippen molar-refractivity contribution in [1.82, 2.24) is 15.1 Å². The van der Waals surface area contributed by atoms with Gasteiger partial charge in [-0.05, 0) is 35.6 Å². The van der Waals surface area contributed by atoms with Crippen LogP contribution in [0.3, 0.4) is 0 Å². The van der Waals surface area contributed by atoms with Crippen molar-refractivity contribution in [1.29, 1.82) is 0 Å². The maximum absolute atomic E-state index is 14.5. The minimum atomic E-state index is -5.21. The first-order valence-electron chi connectivity index (χ1n) is 10.9. The number of rotatable bonds is 4. The van der Waals surface area contributed by atoms with E-state index in [1.165, 1.54) is 13.8 Å². The van der Waals surface area contributed by atoms with Crippen molar-refractivity contribution in [2.24, 2.45) is 0 Å². The molecule has 0 saturated carbocycles. The van der Waals surface area contributed by atoms with Crippen LogP contribution in [0, 0.1) is 17.5 Å². The number of hydrogen-bond donors (Lipinski definition) is 3.